The molecule has 0 saturated carbocycles. The highest BCUT2D eigenvalue weighted by Crippen LogP contribution is 2.17. The number of nitrogens with two attached hydrogens (primary N) is 1. The lowest BCUT2D eigenvalue weighted by atomic mass is 9.99. The fraction of sp³-hybridized carbons (Fsp3) is 1.00. The van der Waals surface area contributed by atoms with Gasteiger partial charge in [0.15, 0.2) is 0 Å². The van der Waals surface area contributed by atoms with E-state index >= 15 is 0 Å². The molecular weight excluding hydrogens is 202 g/mol. The fourth-order valence-corrected chi connectivity index (χ4v) is 2.51. The van der Waals surface area contributed by atoms with E-state index in [1.807, 2.05) is 0 Å². The van der Waals surface area contributed by atoms with E-state index in [4.69, 9.17) is 5.73 Å². The van der Waals surface area contributed by atoms with E-state index in [9.17, 15) is 5.11 Å². The minimum absolute atomic E-state index is 0.0784. The molecule has 0 spiro atoms. The molecule has 2 unspecified atom stereocenters. The van der Waals surface area contributed by atoms with Crippen LogP contribution in [0, 0.1) is 0 Å². The Morgan fingerprint density at radius 2 is 2.00 bits per heavy atom. The molecule has 0 aromatic carbocycles. The maximum Gasteiger partial charge on any atom is 0.0601 e. The van der Waals surface area contributed by atoms with Crippen LogP contribution >= 0.6 is 0 Å². The van der Waals surface area contributed by atoms with Crippen LogP contribution in [-0.4, -0.2) is 66.8 Å². The van der Waals surface area contributed by atoms with Gasteiger partial charge in [0.25, 0.3) is 0 Å². The van der Waals surface area contributed by atoms with Gasteiger partial charge < -0.3 is 15.7 Å². The van der Waals surface area contributed by atoms with E-state index in [0.717, 1.165) is 19.5 Å². The lowest BCUT2D eigenvalue weighted by Crippen LogP contribution is -2.54. The van der Waals surface area contributed by atoms with Gasteiger partial charge in [-0.2, -0.15) is 0 Å². The van der Waals surface area contributed by atoms with E-state index in [2.05, 4.69) is 30.8 Å². The van der Waals surface area contributed by atoms with Crippen LogP contribution in [0.15, 0.2) is 0 Å². The number of aliphatic hydroxyl groups excluding tert-OH is 1. The van der Waals surface area contributed by atoms with Crippen LogP contribution in [0.2, 0.25) is 0 Å². The van der Waals surface area contributed by atoms with Crippen LogP contribution in [0.25, 0.3) is 0 Å². The number of nitrogens with zero attached hydrogens (tertiary/aromatic N) is 2. The van der Waals surface area contributed by atoms with Crippen molar-refractivity contribution >= 4 is 0 Å². The first-order valence-corrected chi connectivity index (χ1v) is 6.37. The largest absolute Gasteiger partial charge is 0.395 e. The van der Waals surface area contributed by atoms with Gasteiger partial charge in [-0.05, 0) is 46.4 Å². The number of piperidine rings is 1. The Kier molecular flexibility index (Phi) is 5.69. The summed E-state index contributed by atoms with van der Waals surface area (Å²) in [6.07, 6.45) is 3.28. The SMILES string of the molecule is CCC(N)C(CO)N(C)C1CCN(C)CC1. The Hall–Kier alpha value is -0.160. The zero-order valence-corrected chi connectivity index (χ0v) is 10.9. The van der Waals surface area contributed by atoms with Gasteiger partial charge in [-0.25, -0.2) is 0 Å². The normalized spacial score (nSPS) is 23.6. The van der Waals surface area contributed by atoms with Gasteiger partial charge in [0.2, 0.25) is 0 Å². The molecule has 0 aromatic rings. The molecule has 0 aliphatic carbocycles. The summed E-state index contributed by atoms with van der Waals surface area (Å²) in [5.74, 6) is 0. The summed E-state index contributed by atoms with van der Waals surface area (Å²) in [6, 6.07) is 0.763. The summed E-state index contributed by atoms with van der Waals surface area (Å²) in [6.45, 7) is 4.54. The average Bonchev–Trinajstić information content (AvgIpc) is 2.30. The zero-order valence-electron chi connectivity index (χ0n) is 10.9. The minimum atomic E-state index is 0.0784. The van der Waals surface area contributed by atoms with Gasteiger partial charge in [-0.3, -0.25) is 4.90 Å². The molecule has 0 radical (unpaired) electrons. The summed E-state index contributed by atoms with van der Waals surface area (Å²) in [4.78, 5) is 4.65. The van der Waals surface area contributed by atoms with Crippen molar-refractivity contribution in [2.75, 3.05) is 33.8 Å². The number of likely N-dealkylation sites (N-methyl/N-ethyl adjacent to an activating group) is 1. The van der Waals surface area contributed by atoms with Crippen molar-refractivity contribution in [2.24, 2.45) is 5.73 Å². The maximum absolute atomic E-state index is 9.45. The summed E-state index contributed by atoms with van der Waals surface area (Å²) in [7, 11) is 4.27. The molecule has 0 bridgehead atoms. The molecule has 1 fully saturated rings. The standard InChI is InChI=1S/C12H27N3O/c1-4-11(13)12(9-16)15(3)10-5-7-14(2)8-6-10/h10-12,16H,4-9,13H2,1-3H3. The van der Waals surface area contributed by atoms with Gasteiger partial charge >= 0.3 is 0 Å². The van der Waals surface area contributed by atoms with Crippen LogP contribution in [0.1, 0.15) is 26.2 Å². The second-order valence-corrected chi connectivity index (χ2v) is 5.02. The highest BCUT2D eigenvalue weighted by atomic mass is 16.3. The topological polar surface area (TPSA) is 52.7 Å². The first-order chi connectivity index (χ1) is 7.60. The third kappa shape index (κ3) is 3.42. The second-order valence-electron chi connectivity index (χ2n) is 5.02. The predicted octanol–water partition coefficient (Wildman–Crippen LogP) is 0.111. The van der Waals surface area contributed by atoms with Crippen LogP contribution < -0.4 is 5.73 Å². The predicted molar refractivity (Wildman–Crippen MR) is 67.4 cm³/mol. The van der Waals surface area contributed by atoms with Gasteiger partial charge in [-0.1, -0.05) is 6.92 Å². The summed E-state index contributed by atoms with van der Waals surface area (Å²) in [5, 5.41) is 9.45. The van der Waals surface area contributed by atoms with Gasteiger partial charge in [0.05, 0.1) is 6.61 Å². The van der Waals surface area contributed by atoms with E-state index in [0.29, 0.717) is 6.04 Å². The average molecular weight is 229 g/mol. The number of rotatable bonds is 5. The molecule has 1 rings (SSSR count). The Bertz CT molecular complexity index is 193. The van der Waals surface area contributed by atoms with Crippen molar-refractivity contribution in [3.8, 4) is 0 Å². The molecular formula is C12H27N3O. The number of aliphatic hydroxyl groups is 1. The second kappa shape index (κ2) is 6.55. The summed E-state index contributed by atoms with van der Waals surface area (Å²) in [5.41, 5.74) is 6.05. The van der Waals surface area contributed by atoms with Gasteiger partial charge in [0.1, 0.15) is 0 Å². The maximum atomic E-state index is 9.45. The Balaban J connectivity index is 2.50. The molecule has 1 heterocycles. The first-order valence-electron chi connectivity index (χ1n) is 6.37. The molecule has 2 atom stereocenters. The van der Waals surface area contributed by atoms with Crippen LogP contribution in [-0.2, 0) is 0 Å². The third-order valence-corrected chi connectivity index (χ3v) is 3.94. The van der Waals surface area contributed by atoms with Gasteiger partial charge in [0, 0.05) is 18.1 Å². The Morgan fingerprint density at radius 1 is 1.44 bits per heavy atom. The number of hydrogen-bond acceptors (Lipinski definition) is 4. The number of likely N-dealkylation sites (tertiary alicyclic amines) is 1. The van der Waals surface area contributed by atoms with E-state index in [1.165, 1.54) is 12.8 Å². The monoisotopic (exact) mass is 229 g/mol. The molecule has 4 nitrogen and oxygen atoms in total. The van der Waals surface area contributed by atoms with E-state index < -0.39 is 0 Å². The van der Waals surface area contributed by atoms with Crippen molar-refractivity contribution in [3.63, 3.8) is 0 Å². The van der Waals surface area contributed by atoms with E-state index in [1.54, 1.807) is 0 Å². The number of hydrogen-bond donors (Lipinski definition) is 2. The quantitative estimate of drug-likeness (QED) is 0.702. The molecule has 3 N–H and O–H groups in total. The van der Waals surface area contributed by atoms with Crippen molar-refractivity contribution in [1.82, 2.24) is 9.80 Å². The lowest BCUT2D eigenvalue weighted by Gasteiger charge is -2.40. The Labute approximate surface area is 99.4 Å². The molecule has 4 heteroatoms. The van der Waals surface area contributed by atoms with E-state index in [-0.39, 0.29) is 18.7 Å². The van der Waals surface area contributed by atoms with Gasteiger partial charge in [-0.15, -0.1) is 0 Å². The molecule has 0 aromatic heterocycles. The van der Waals surface area contributed by atoms with Crippen LogP contribution in [0.4, 0.5) is 0 Å². The van der Waals surface area contributed by atoms with Crippen molar-refractivity contribution in [3.05, 3.63) is 0 Å². The fourth-order valence-electron chi connectivity index (χ4n) is 2.51. The minimum Gasteiger partial charge on any atom is -0.395 e. The molecule has 1 aliphatic heterocycles. The summed E-state index contributed by atoms with van der Waals surface area (Å²) < 4.78 is 0. The highest BCUT2D eigenvalue weighted by molar-refractivity contribution is 4.86. The molecule has 1 aliphatic rings. The highest BCUT2D eigenvalue weighted by Gasteiger charge is 2.28. The zero-order chi connectivity index (χ0) is 12.1. The Morgan fingerprint density at radius 3 is 2.44 bits per heavy atom. The van der Waals surface area contributed by atoms with Crippen LogP contribution in [0.5, 0.6) is 0 Å². The molecule has 1 saturated heterocycles. The van der Waals surface area contributed by atoms with Crippen LogP contribution in [0.3, 0.4) is 0 Å². The summed E-state index contributed by atoms with van der Waals surface area (Å²) >= 11 is 0. The van der Waals surface area contributed by atoms with Crippen molar-refractivity contribution in [2.45, 2.75) is 44.3 Å². The molecule has 16 heavy (non-hydrogen) atoms. The molecule has 0 amide bonds. The lowest BCUT2D eigenvalue weighted by molar-refractivity contribution is 0.0596. The van der Waals surface area contributed by atoms with Crippen molar-refractivity contribution < 1.29 is 5.11 Å². The molecule has 96 valence electrons. The van der Waals surface area contributed by atoms with Crippen molar-refractivity contribution in [1.29, 1.82) is 0 Å². The third-order valence-electron chi connectivity index (χ3n) is 3.94. The smallest absolute Gasteiger partial charge is 0.0601 e. The first kappa shape index (κ1) is 13.9.